The van der Waals surface area contributed by atoms with Gasteiger partial charge < -0.3 is 19.5 Å². The minimum Gasteiger partial charge on any atom is -0.434 e. The van der Waals surface area contributed by atoms with E-state index in [0.717, 1.165) is 5.56 Å². The first-order chi connectivity index (χ1) is 17.0. The Balaban J connectivity index is 1.52. The third kappa shape index (κ3) is 5.49. The van der Waals surface area contributed by atoms with Crippen LogP contribution >= 0.6 is 0 Å². The van der Waals surface area contributed by atoms with Gasteiger partial charge >= 0.3 is 6.61 Å². The van der Waals surface area contributed by atoms with Gasteiger partial charge in [0.25, 0.3) is 5.91 Å². The number of nitrogens with zero attached hydrogens (tertiary/aromatic N) is 3. The van der Waals surface area contributed by atoms with Crippen LogP contribution in [0.5, 0.6) is 5.75 Å². The first-order valence-electron chi connectivity index (χ1n) is 11.2. The molecule has 4 rings (SSSR count). The molecular weight excluding hydrogens is 454 g/mol. The Hall–Kier alpha value is -4.19. The van der Waals surface area contributed by atoms with Gasteiger partial charge in [0, 0.05) is 18.7 Å². The highest BCUT2D eigenvalue weighted by Gasteiger charge is 2.31. The van der Waals surface area contributed by atoms with Crippen molar-refractivity contribution in [3.8, 4) is 29.4 Å². The van der Waals surface area contributed by atoms with Crippen molar-refractivity contribution in [2.75, 3.05) is 18.4 Å². The molecule has 7 nitrogen and oxygen atoms in total. The van der Waals surface area contributed by atoms with Crippen LogP contribution in [-0.2, 0) is 11.3 Å². The number of aromatic nitrogens is 2. The number of benzene rings is 2. The average Bonchev–Trinajstić information content (AvgIpc) is 3.26. The number of rotatable bonds is 7. The van der Waals surface area contributed by atoms with E-state index in [-0.39, 0.29) is 30.3 Å². The molecule has 1 aliphatic rings. The fraction of sp³-hybridized carbons (Fsp3) is 0.269. The highest BCUT2D eigenvalue weighted by molar-refractivity contribution is 5.98. The summed E-state index contributed by atoms with van der Waals surface area (Å²) in [6.07, 6.45) is 8.24. The molecule has 1 N–H and O–H groups in total. The lowest BCUT2D eigenvalue weighted by Crippen LogP contribution is -2.44. The molecule has 1 fully saturated rings. The fourth-order valence-electron chi connectivity index (χ4n) is 4.15. The number of piperidine rings is 1. The maximum atomic E-state index is 13.3. The number of carbonyl (C=O) groups is 2. The SMILES string of the molecule is C#CCn1cnc(-c2ccccc2)c1NC(=O)[C@@H]1CCCN(C(=O)c2ccccc2OC(F)F)C1. The van der Waals surface area contributed by atoms with Gasteiger partial charge in [-0.1, -0.05) is 48.4 Å². The van der Waals surface area contributed by atoms with Crippen LogP contribution in [-0.4, -0.2) is 46.0 Å². The summed E-state index contributed by atoms with van der Waals surface area (Å²) in [5.41, 5.74) is 1.46. The van der Waals surface area contributed by atoms with E-state index in [2.05, 4.69) is 21.0 Å². The van der Waals surface area contributed by atoms with E-state index in [1.54, 1.807) is 17.0 Å². The van der Waals surface area contributed by atoms with Gasteiger partial charge in [-0.05, 0) is 25.0 Å². The summed E-state index contributed by atoms with van der Waals surface area (Å²) in [6, 6.07) is 15.3. The number of anilines is 1. The molecule has 0 aliphatic carbocycles. The van der Waals surface area contributed by atoms with E-state index in [4.69, 9.17) is 6.42 Å². The summed E-state index contributed by atoms with van der Waals surface area (Å²) < 4.78 is 31.7. The van der Waals surface area contributed by atoms with Gasteiger partial charge in [-0.2, -0.15) is 8.78 Å². The molecule has 1 atom stereocenters. The molecular formula is C26H24F2N4O3. The number of likely N-dealkylation sites (tertiary alicyclic amines) is 1. The number of alkyl halides is 2. The van der Waals surface area contributed by atoms with E-state index in [0.29, 0.717) is 30.9 Å². The number of ether oxygens (including phenoxy) is 1. The zero-order valence-electron chi connectivity index (χ0n) is 18.9. The van der Waals surface area contributed by atoms with Gasteiger partial charge in [-0.25, -0.2) is 4.98 Å². The average molecular weight is 478 g/mol. The summed E-state index contributed by atoms with van der Waals surface area (Å²) >= 11 is 0. The molecule has 1 saturated heterocycles. The number of carbonyl (C=O) groups excluding carboxylic acids is 2. The van der Waals surface area contributed by atoms with Crippen LogP contribution in [0.1, 0.15) is 23.2 Å². The van der Waals surface area contributed by atoms with Gasteiger partial charge in [-0.3, -0.25) is 9.59 Å². The van der Waals surface area contributed by atoms with Crippen molar-refractivity contribution in [1.82, 2.24) is 14.5 Å². The predicted octanol–water partition coefficient (Wildman–Crippen LogP) is 4.28. The van der Waals surface area contributed by atoms with Gasteiger partial charge in [0.15, 0.2) is 0 Å². The lowest BCUT2D eigenvalue weighted by molar-refractivity contribution is -0.121. The monoisotopic (exact) mass is 478 g/mol. The minimum atomic E-state index is -3.05. The van der Waals surface area contributed by atoms with Crippen LogP contribution in [0.4, 0.5) is 14.6 Å². The van der Waals surface area contributed by atoms with Crippen LogP contribution in [0.25, 0.3) is 11.3 Å². The molecule has 35 heavy (non-hydrogen) atoms. The Labute approximate surface area is 201 Å². The normalized spacial score (nSPS) is 15.5. The number of terminal acetylenes is 1. The lowest BCUT2D eigenvalue weighted by Gasteiger charge is -2.32. The Morgan fingerprint density at radius 1 is 1.17 bits per heavy atom. The smallest absolute Gasteiger partial charge is 0.387 e. The lowest BCUT2D eigenvalue weighted by atomic mass is 9.96. The number of hydrogen-bond donors (Lipinski definition) is 1. The van der Waals surface area contributed by atoms with Crippen molar-refractivity contribution in [3.05, 3.63) is 66.5 Å². The zero-order valence-corrected chi connectivity index (χ0v) is 18.9. The van der Waals surface area contributed by atoms with E-state index in [1.165, 1.54) is 23.1 Å². The first kappa shape index (κ1) is 24.0. The molecule has 180 valence electrons. The Bertz CT molecular complexity index is 1240. The van der Waals surface area contributed by atoms with Gasteiger partial charge in [-0.15, -0.1) is 6.42 Å². The molecule has 2 aromatic carbocycles. The molecule has 0 saturated carbocycles. The van der Waals surface area contributed by atoms with Crippen LogP contribution in [0.15, 0.2) is 60.9 Å². The van der Waals surface area contributed by atoms with Crippen molar-refractivity contribution in [3.63, 3.8) is 0 Å². The standard InChI is InChI=1S/C26H24F2N4O3/c1-2-14-32-17-29-22(18-9-4-3-5-10-18)23(32)30-24(33)19-11-8-15-31(16-19)25(34)20-12-6-7-13-21(20)35-26(27)28/h1,3-7,9-10,12-13,17,19,26H,8,11,14-16H2,(H,30,33)/t19-/m1/s1. The Kier molecular flexibility index (Phi) is 7.41. The summed E-state index contributed by atoms with van der Waals surface area (Å²) in [7, 11) is 0. The number of nitrogens with one attached hydrogen (secondary N) is 1. The van der Waals surface area contributed by atoms with Crippen molar-refractivity contribution in [1.29, 1.82) is 0 Å². The summed E-state index contributed by atoms with van der Waals surface area (Å²) in [5, 5.41) is 2.95. The number of hydrogen-bond acceptors (Lipinski definition) is 4. The van der Waals surface area contributed by atoms with Crippen molar-refractivity contribution < 1.29 is 23.1 Å². The van der Waals surface area contributed by atoms with Crippen LogP contribution in [0, 0.1) is 18.3 Å². The molecule has 2 heterocycles. The maximum Gasteiger partial charge on any atom is 0.387 e. The number of imidazole rings is 1. The molecule has 9 heteroatoms. The molecule has 1 aromatic heterocycles. The molecule has 1 aliphatic heterocycles. The van der Waals surface area contributed by atoms with Crippen molar-refractivity contribution in [2.24, 2.45) is 5.92 Å². The van der Waals surface area contributed by atoms with Crippen molar-refractivity contribution >= 4 is 17.6 Å². The highest BCUT2D eigenvalue weighted by atomic mass is 19.3. The van der Waals surface area contributed by atoms with Crippen LogP contribution in [0.2, 0.25) is 0 Å². The predicted molar refractivity (Wildman–Crippen MR) is 127 cm³/mol. The van der Waals surface area contributed by atoms with Gasteiger partial charge in [0.2, 0.25) is 5.91 Å². The third-order valence-corrected chi connectivity index (χ3v) is 5.80. The summed E-state index contributed by atoms with van der Waals surface area (Å²) in [6.45, 7) is -2.25. The Morgan fingerprint density at radius 2 is 1.91 bits per heavy atom. The van der Waals surface area contributed by atoms with Crippen molar-refractivity contribution in [2.45, 2.75) is 26.0 Å². The zero-order chi connectivity index (χ0) is 24.8. The molecule has 0 radical (unpaired) electrons. The van der Waals surface area contributed by atoms with Crippen LogP contribution < -0.4 is 10.1 Å². The second kappa shape index (κ2) is 10.8. The van der Waals surface area contributed by atoms with E-state index in [1.807, 2.05) is 30.3 Å². The second-order valence-electron chi connectivity index (χ2n) is 8.09. The minimum absolute atomic E-state index is 0.0346. The Morgan fingerprint density at radius 3 is 2.66 bits per heavy atom. The second-order valence-corrected chi connectivity index (χ2v) is 8.09. The summed E-state index contributed by atoms with van der Waals surface area (Å²) in [5.74, 6) is 1.63. The van der Waals surface area contributed by atoms with E-state index in [9.17, 15) is 18.4 Å². The molecule has 3 aromatic rings. The topological polar surface area (TPSA) is 76.5 Å². The molecule has 0 spiro atoms. The van der Waals surface area contributed by atoms with Gasteiger partial charge in [0.1, 0.15) is 17.3 Å². The molecule has 0 unspecified atom stereocenters. The number of amides is 2. The summed E-state index contributed by atoms with van der Waals surface area (Å²) in [4.78, 5) is 32.3. The van der Waals surface area contributed by atoms with E-state index >= 15 is 0 Å². The number of para-hydroxylation sites is 1. The maximum absolute atomic E-state index is 13.3. The highest BCUT2D eigenvalue weighted by Crippen LogP contribution is 2.29. The largest absolute Gasteiger partial charge is 0.434 e. The fourth-order valence-corrected chi connectivity index (χ4v) is 4.15. The van der Waals surface area contributed by atoms with Gasteiger partial charge in [0.05, 0.1) is 24.4 Å². The van der Waals surface area contributed by atoms with E-state index < -0.39 is 18.4 Å². The third-order valence-electron chi connectivity index (χ3n) is 5.80. The quantitative estimate of drug-likeness (QED) is 0.515. The van der Waals surface area contributed by atoms with Crippen LogP contribution in [0.3, 0.4) is 0 Å². The molecule has 2 amide bonds. The first-order valence-corrected chi connectivity index (χ1v) is 11.2. The number of halogens is 2. The molecule has 0 bridgehead atoms.